The Hall–Kier alpha value is -3.15. The largest absolute Gasteiger partial charge is 0.495 e. The molecule has 1 amide bonds. The lowest BCUT2D eigenvalue weighted by atomic mass is 10.1. The van der Waals surface area contributed by atoms with Crippen LogP contribution in [0.4, 0.5) is 5.69 Å². The first kappa shape index (κ1) is 15.4. The van der Waals surface area contributed by atoms with E-state index in [1.165, 1.54) is 6.33 Å². The fourth-order valence-electron chi connectivity index (χ4n) is 3.29. The molecule has 1 aromatic heterocycles. The minimum absolute atomic E-state index is 0.0766. The van der Waals surface area contributed by atoms with Crippen molar-refractivity contribution < 1.29 is 14.3 Å². The standard InChI is InChI=1S/C19H17N3O3/c1-25-17-9-5-4-8-16(17)21-11-13(10-18(21)23)19(24)22-12-20-14-6-2-3-7-15(14)22/h2-9,12-13H,10-11H2,1H3. The van der Waals surface area contributed by atoms with Crippen molar-refractivity contribution in [2.24, 2.45) is 5.92 Å². The number of methoxy groups -OCH3 is 1. The summed E-state index contributed by atoms with van der Waals surface area (Å²) in [5.41, 5.74) is 2.22. The minimum Gasteiger partial charge on any atom is -0.495 e. The van der Waals surface area contributed by atoms with Crippen molar-refractivity contribution in [2.45, 2.75) is 6.42 Å². The summed E-state index contributed by atoms with van der Waals surface area (Å²) in [4.78, 5) is 31.3. The predicted molar refractivity (Wildman–Crippen MR) is 93.8 cm³/mol. The molecule has 0 saturated carbocycles. The molecule has 1 saturated heterocycles. The summed E-state index contributed by atoms with van der Waals surface area (Å²) in [7, 11) is 1.57. The van der Waals surface area contributed by atoms with E-state index < -0.39 is 5.92 Å². The van der Waals surface area contributed by atoms with E-state index in [9.17, 15) is 9.59 Å². The number of amides is 1. The van der Waals surface area contributed by atoms with Crippen LogP contribution in [0.3, 0.4) is 0 Å². The molecular formula is C19H17N3O3. The van der Waals surface area contributed by atoms with Crippen LogP contribution in [0.5, 0.6) is 5.75 Å². The zero-order chi connectivity index (χ0) is 17.4. The van der Waals surface area contributed by atoms with Crippen molar-refractivity contribution in [1.82, 2.24) is 9.55 Å². The molecule has 1 fully saturated rings. The Labute approximate surface area is 144 Å². The number of fused-ring (bicyclic) bond motifs is 1. The molecule has 0 bridgehead atoms. The fourth-order valence-corrected chi connectivity index (χ4v) is 3.29. The highest BCUT2D eigenvalue weighted by atomic mass is 16.5. The highest BCUT2D eigenvalue weighted by Crippen LogP contribution is 2.33. The molecule has 0 N–H and O–H groups in total. The highest BCUT2D eigenvalue weighted by Gasteiger charge is 2.37. The van der Waals surface area contributed by atoms with Gasteiger partial charge in [-0.15, -0.1) is 0 Å². The molecule has 0 spiro atoms. The molecule has 25 heavy (non-hydrogen) atoms. The molecule has 2 heterocycles. The van der Waals surface area contributed by atoms with Crippen molar-refractivity contribution in [1.29, 1.82) is 0 Å². The number of aromatic nitrogens is 2. The number of para-hydroxylation sites is 4. The minimum atomic E-state index is -0.407. The molecule has 1 unspecified atom stereocenters. The first-order chi connectivity index (χ1) is 12.2. The Morgan fingerprint density at radius 1 is 1.16 bits per heavy atom. The molecule has 1 aliphatic rings. The first-order valence-corrected chi connectivity index (χ1v) is 8.08. The maximum absolute atomic E-state index is 12.9. The van der Waals surface area contributed by atoms with Crippen LogP contribution in [0, 0.1) is 5.92 Å². The average Bonchev–Trinajstić information content (AvgIpc) is 3.25. The number of benzene rings is 2. The molecular weight excluding hydrogens is 318 g/mol. The third kappa shape index (κ3) is 2.55. The number of carbonyl (C=O) groups excluding carboxylic acids is 2. The van der Waals surface area contributed by atoms with E-state index in [0.29, 0.717) is 18.0 Å². The lowest BCUT2D eigenvalue weighted by Gasteiger charge is -2.19. The highest BCUT2D eigenvalue weighted by molar-refractivity contribution is 6.03. The molecule has 1 atom stereocenters. The van der Waals surface area contributed by atoms with Crippen LogP contribution >= 0.6 is 0 Å². The zero-order valence-corrected chi connectivity index (χ0v) is 13.8. The molecule has 3 aromatic rings. The van der Waals surface area contributed by atoms with E-state index in [1.807, 2.05) is 42.5 Å². The van der Waals surface area contributed by atoms with Gasteiger partial charge in [0.15, 0.2) is 0 Å². The monoisotopic (exact) mass is 335 g/mol. The number of rotatable bonds is 3. The van der Waals surface area contributed by atoms with Gasteiger partial charge >= 0.3 is 0 Å². The quantitative estimate of drug-likeness (QED) is 0.738. The van der Waals surface area contributed by atoms with E-state index in [2.05, 4.69) is 4.98 Å². The van der Waals surface area contributed by atoms with Gasteiger partial charge in [0.05, 0.1) is 29.7 Å². The number of carbonyl (C=O) groups is 2. The second-order valence-corrected chi connectivity index (χ2v) is 6.02. The van der Waals surface area contributed by atoms with Gasteiger partial charge in [-0.2, -0.15) is 0 Å². The third-order valence-electron chi connectivity index (χ3n) is 4.54. The normalized spacial score (nSPS) is 17.2. The van der Waals surface area contributed by atoms with Crippen molar-refractivity contribution >= 4 is 28.5 Å². The van der Waals surface area contributed by atoms with Crippen LogP contribution < -0.4 is 9.64 Å². The number of ether oxygens (including phenoxy) is 1. The van der Waals surface area contributed by atoms with E-state index in [4.69, 9.17) is 4.74 Å². The smallest absolute Gasteiger partial charge is 0.237 e. The average molecular weight is 335 g/mol. The van der Waals surface area contributed by atoms with Crippen LogP contribution in [0.2, 0.25) is 0 Å². The number of hydrogen-bond donors (Lipinski definition) is 0. The summed E-state index contributed by atoms with van der Waals surface area (Å²) in [5.74, 6) is 0.0266. The van der Waals surface area contributed by atoms with Gasteiger partial charge in [0.25, 0.3) is 0 Å². The number of anilines is 1. The van der Waals surface area contributed by atoms with Crippen molar-refractivity contribution in [3.8, 4) is 5.75 Å². The van der Waals surface area contributed by atoms with E-state index >= 15 is 0 Å². The molecule has 0 radical (unpaired) electrons. The maximum atomic E-state index is 12.9. The van der Waals surface area contributed by atoms with Crippen LogP contribution in [-0.4, -0.2) is 35.0 Å². The van der Waals surface area contributed by atoms with E-state index in [0.717, 1.165) is 11.0 Å². The van der Waals surface area contributed by atoms with Gasteiger partial charge in [-0.05, 0) is 24.3 Å². The Morgan fingerprint density at radius 2 is 1.92 bits per heavy atom. The van der Waals surface area contributed by atoms with Gasteiger partial charge < -0.3 is 9.64 Å². The molecule has 2 aromatic carbocycles. The van der Waals surface area contributed by atoms with Gasteiger partial charge in [0, 0.05) is 13.0 Å². The maximum Gasteiger partial charge on any atom is 0.237 e. The number of hydrogen-bond acceptors (Lipinski definition) is 4. The summed E-state index contributed by atoms with van der Waals surface area (Å²) in [6.45, 7) is 0.338. The number of imidazole rings is 1. The van der Waals surface area contributed by atoms with Gasteiger partial charge in [-0.3, -0.25) is 14.2 Å². The second-order valence-electron chi connectivity index (χ2n) is 6.02. The molecule has 6 heteroatoms. The van der Waals surface area contributed by atoms with Crippen molar-refractivity contribution in [2.75, 3.05) is 18.6 Å². The molecule has 126 valence electrons. The van der Waals surface area contributed by atoms with Gasteiger partial charge in [0.1, 0.15) is 12.1 Å². The SMILES string of the molecule is COc1ccccc1N1CC(C(=O)n2cnc3ccccc32)CC1=O. The molecule has 4 rings (SSSR count). The summed E-state index contributed by atoms with van der Waals surface area (Å²) < 4.78 is 6.88. The summed E-state index contributed by atoms with van der Waals surface area (Å²) >= 11 is 0. The predicted octanol–water partition coefficient (Wildman–Crippen LogP) is 2.74. The fraction of sp³-hybridized carbons (Fsp3) is 0.211. The van der Waals surface area contributed by atoms with Gasteiger partial charge in [-0.25, -0.2) is 4.98 Å². The lowest BCUT2D eigenvalue weighted by Crippen LogP contribution is -2.27. The second kappa shape index (κ2) is 6.05. The van der Waals surface area contributed by atoms with Crippen LogP contribution in [0.15, 0.2) is 54.9 Å². The van der Waals surface area contributed by atoms with Crippen LogP contribution in [0.25, 0.3) is 11.0 Å². The van der Waals surface area contributed by atoms with Gasteiger partial charge in [0.2, 0.25) is 11.8 Å². The van der Waals surface area contributed by atoms with Crippen LogP contribution in [0.1, 0.15) is 11.2 Å². The summed E-state index contributed by atoms with van der Waals surface area (Å²) in [6, 6.07) is 14.8. The van der Waals surface area contributed by atoms with Crippen LogP contribution in [-0.2, 0) is 4.79 Å². The molecule has 0 aliphatic carbocycles. The molecule has 6 nitrogen and oxygen atoms in total. The molecule has 1 aliphatic heterocycles. The van der Waals surface area contributed by atoms with E-state index in [1.54, 1.807) is 22.6 Å². The zero-order valence-electron chi connectivity index (χ0n) is 13.8. The Balaban J connectivity index is 1.63. The van der Waals surface area contributed by atoms with Crippen molar-refractivity contribution in [3.05, 3.63) is 54.9 Å². The Bertz CT molecular complexity index is 963. The van der Waals surface area contributed by atoms with E-state index in [-0.39, 0.29) is 18.2 Å². The Kier molecular flexibility index (Phi) is 3.72. The summed E-state index contributed by atoms with van der Waals surface area (Å²) in [6.07, 6.45) is 1.71. The van der Waals surface area contributed by atoms with Crippen molar-refractivity contribution in [3.63, 3.8) is 0 Å². The number of nitrogens with zero attached hydrogens (tertiary/aromatic N) is 3. The topological polar surface area (TPSA) is 64.4 Å². The Morgan fingerprint density at radius 3 is 2.76 bits per heavy atom. The summed E-state index contributed by atoms with van der Waals surface area (Å²) in [5, 5.41) is 0. The van der Waals surface area contributed by atoms with Gasteiger partial charge in [-0.1, -0.05) is 24.3 Å². The lowest BCUT2D eigenvalue weighted by molar-refractivity contribution is -0.117. The third-order valence-corrected chi connectivity index (χ3v) is 4.54. The first-order valence-electron chi connectivity index (χ1n) is 8.08.